The van der Waals surface area contributed by atoms with Crippen LogP contribution in [0.5, 0.6) is 0 Å². The molecule has 1 aliphatic carbocycles. The molecule has 0 aromatic heterocycles. The molecule has 117 valence electrons. The summed E-state index contributed by atoms with van der Waals surface area (Å²) in [4.78, 5) is 0. The van der Waals surface area contributed by atoms with Gasteiger partial charge in [0.15, 0.2) is 0 Å². The molecule has 0 N–H and O–H groups in total. The molecule has 1 aliphatic rings. The minimum atomic E-state index is 0.703. The largest absolute Gasteiger partial charge is 0.0991 e. The third kappa shape index (κ3) is 5.96. The predicted octanol–water partition coefficient (Wildman–Crippen LogP) is 4.39. The molecule has 0 nitrogen and oxygen atoms in total. The zero-order valence-corrected chi connectivity index (χ0v) is 14.8. The Morgan fingerprint density at radius 2 is 1.92 bits per heavy atom. The van der Waals surface area contributed by atoms with E-state index in [1.54, 1.807) is 7.06 Å². The van der Waals surface area contributed by atoms with E-state index in [9.17, 15) is 0 Å². The maximum absolute atomic E-state index is 5.42. The molecule has 0 amide bonds. The van der Waals surface area contributed by atoms with E-state index in [1.807, 2.05) is 19.2 Å². The van der Waals surface area contributed by atoms with Gasteiger partial charge in [0, 0.05) is 21.9 Å². The summed E-state index contributed by atoms with van der Waals surface area (Å²) in [5, 5.41) is 0. The van der Waals surface area contributed by atoms with Crippen molar-refractivity contribution in [3.8, 4) is 0 Å². The van der Waals surface area contributed by atoms with Crippen LogP contribution in [0.15, 0.2) is 60.7 Å². The molecule has 0 atom stereocenters. The number of allylic oxidation sites excluding steroid dienone is 5. The second-order valence-corrected chi connectivity index (χ2v) is 6.57. The first-order valence-electron chi connectivity index (χ1n) is 9.01. The van der Waals surface area contributed by atoms with Gasteiger partial charge in [-0.05, 0) is 48.8 Å². The molecule has 0 aliphatic heterocycles. The van der Waals surface area contributed by atoms with E-state index in [1.165, 1.54) is 42.4 Å². The highest BCUT2D eigenvalue weighted by Gasteiger charge is 2.21. The standard InChI is InChI=1S/C20H25B4/c1-3-5-6-16(4-2)15-17-7-9-18(10-8-17)19-11-13-20(14-12-19)22-24-23-21/h3-10,19-20H,1,11-15H2,2H3/b6-5-,16-4+. The lowest BCUT2D eigenvalue weighted by molar-refractivity contribution is 0.443. The lowest BCUT2D eigenvalue weighted by Gasteiger charge is -2.29. The quantitative estimate of drug-likeness (QED) is 0.493. The van der Waals surface area contributed by atoms with Crippen LogP contribution in [0, 0.1) is 0 Å². The molecule has 0 saturated heterocycles. The van der Waals surface area contributed by atoms with Gasteiger partial charge in [-0.25, -0.2) is 0 Å². The molecular formula is C20H25B4. The Labute approximate surface area is 152 Å². The summed E-state index contributed by atoms with van der Waals surface area (Å²) in [5.41, 5.74) is 4.19. The van der Waals surface area contributed by atoms with E-state index in [0.717, 1.165) is 6.42 Å². The first-order valence-corrected chi connectivity index (χ1v) is 9.01. The van der Waals surface area contributed by atoms with Crippen LogP contribution in [0.25, 0.3) is 0 Å². The lowest BCUT2D eigenvalue weighted by atomic mass is 9.11. The second kappa shape index (κ2) is 10.5. The summed E-state index contributed by atoms with van der Waals surface area (Å²) in [5.74, 6) is 1.42. The van der Waals surface area contributed by atoms with Crippen molar-refractivity contribution in [2.24, 2.45) is 0 Å². The predicted molar refractivity (Wildman–Crippen MR) is 111 cm³/mol. The fraction of sp³-hybridized carbons (Fsp3) is 0.400. The van der Waals surface area contributed by atoms with Crippen molar-refractivity contribution in [1.82, 2.24) is 0 Å². The van der Waals surface area contributed by atoms with Crippen molar-refractivity contribution in [3.63, 3.8) is 0 Å². The van der Waals surface area contributed by atoms with Crippen molar-refractivity contribution in [1.29, 1.82) is 0 Å². The minimum absolute atomic E-state index is 0.703. The van der Waals surface area contributed by atoms with Crippen LogP contribution in [0.1, 0.15) is 49.7 Å². The summed E-state index contributed by atoms with van der Waals surface area (Å²) in [6, 6.07) is 9.23. The summed E-state index contributed by atoms with van der Waals surface area (Å²) in [6.07, 6.45) is 14.2. The van der Waals surface area contributed by atoms with Gasteiger partial charge in [-0.15, -0.1) is 0 Å². The van der Waals surface area contributed by atoms with Crippen molar-refractivity contribution in [2.45, 2.75) is 50.8 Å². The SMILES string of the molecule is [B][B][B][B]C1CCC(c2ccc(CC(/C=C\C=C)=C/C)cc2)CC1. The summed E-state index contributed by atoms with van der Waals surface area (Å²) in [6.45, 7) is 5.82. The van der Waals surface area contributed by atoms with E-state index < -0.39 is 0 Å². The van der Waals surface area contributed by atoms with E-state index in [-0.39, 0.29) is 0 Å². The summed E-state index contributed by atoms with van der Waals surface area (Å²) < 4.78 is 0. The molecule has 5 radical (unpaired) electrons. The van der Waals surface area contributed by atoms with Crippen LogP contribution in [-0.4, -0.2) is 29.0 Å². The van der Waals surface area contributed by atoms with Crippen molar-refractivity contribution in [3.05, 3.63) is 71.8 Å². The molecule has 4 heteroatoms. The maximum atomic E-state index is 5.42. The molecule has 0 bridgehead atoms. The van der Waals surface area contributed by atoms with Gasteiger partial charge in [0.2, 0.25) is 0 Å². The van der Waals surface area contributed by atoms with E-state index >= 15 is 0 Å². The van der Waals surface area contributed by atoms with E-state index in [4.69, 9.17) is 7.74 Å². The molecule has 2 rings (SSSR count). The Bertz CT molecular complexity index is 552. The average Bonchev–Trinajstić information content (AvgIpc) is 2.64. The van der Waals surface area contributed by atoms with Crippen LogP contribution in [0.4, 0.5) is 0 Å². The lowest BCUT2D eigenvalue weighted by Crippen LogP contribution is -2.21. The van der Waals surface area contributed by atoms with Crippen LogP contribution in [-0.2, 0) is 6.42 Å². The normalized spacial score (nSPS) is 21.5. The summed E-state index contributed by atoms with van der Waals surface area (Å²) in [7, 11) is 11.3. The minimum Gasteiger partial charge on any atom is -0.0991 e. The first-order chi connectivity index (χ1) is 11.8. The van der Waals surface area contributed by atoms with Gasteiger partial charge in [-0.3, -0.25) is 0 Å². The van der Waals surface area contributed by atoms with Gasteiger partial charge in [-0.1, -0.05) is 73.8 Å². The van der Waals surface area contributed by atoms with Gasteiger partial charge in [0.1, 0.15) is 0 Å². The Balaban J connectivity index is 1.88. The number of rotatable bonds is 8. The molecule has 0 heterocycles. The van der Waals surface area contributed by atoms with Crippen LogP contribution >= 0.6 is 0 Å². The molecule has 1 saturated carbocycles. The van der Waals surface area contributed by atoms with Crippen LogP contribution in [0.2, 0.25) is 5.82 Å². The van der Waals surface area contributed by atoms with Gasteiger partial charge in [-0.2, -0.15) is 0 Å². The molecule has 24 heavy (non-hydrogen) atoms. The third-order valence-corrected chi connectivity index (χ3v) is 4.94. The highest BCUT2D eigenvalue weighted by molar-refractivity contribution is 7.41. The van der Waals surface area contributed by atoms with Crippen molar-refractivity contribution in [2.75, 3.05) is 0 Å². The monoisotopic (exact) mass is 309 g/mol. The van der Waals surface area contributed by atoms with Gasteiger partial charge >= 0.3 is 0 Å². The Kier molecular flexibility index (Phi) is 8.36. The number of hydrogen-bond acceptors (Lipinski definition) is 0. The van der Waals surface area contributed by atoms with Crippen LogP contribution < -0.4 is 0 Å². The van der Waals surface area contributed by atoms with Crippen molar-refractivity contribution < 1.29 is 0 Å². The Morgan fingerprint density at radius 1 is 1.21 bits per heavy atom. The fourth-order valence-electron chi connectivity index (χ4n) is 3.46. The third-order valence-electron chi connectivity index (χ3n) is 4.94. The molecular weight excluding hydrogens is 283 g/mol. The van der Waals surface area contributed by atoms with E-state index in [2.05, 4.69) is 57.1 Å². The zero-order chi connectivity index (χ0) is 17.2. The maximum Gasteiger partial charge on any atom is 0.0587 e. The smallest absolute Gasteiger partial charge is 0.0587 e. The van der Waals surface area contributed by atoms with Crippen LogP contribution in [0.3, 0.4) is 0 Å². The first kappa shape index (κ1) is 19.0. The highest BCUT2D eigenvalue weighted by atomic mass is 14.2. The van der Waals surface area contributed by atoms with Gasteiger partial charge < -0.3 is 0 Å². The van der Waals surface area contributed by atoms with E-state index in [0.29, 0.717) is 11.7 Å². The number of hydrogen-bond donors (Lipinski definition) is 0. The molecule has 1 fully saturated rings. The average molecular weight is 309 g/mol. The summed E-state index contributed by atoms with van der Waals surface area (Å²) >= 11 is 0. The highest BCUT2D eigenvalue weighted by Crippen LogP contribution is 2.38. The molecule has 0 unspecified atom stereocenters. The topological polar surface area (TPSA) is 0 Å². The van der Waals surface area contributed by atoms with Crippen molar-refractivity contribution >= 4 is 29.0 Å². The second-order valence-electron chi connectivity index (χ2n) is 6.57. The Hall–Kier alpha value is -1.30. The Morgan fingerprint density at radius 3 is 2.50 bits per heavy atom. The van der Waals surface area contributed by atoms with Gasteiger partial charge in [0.05, 0.1) is 7.17 Å². The fourth-order valence-corrected chi connectivity index (χ4v) is 3.46. The molecule has 1 aromatic carbocycles. The van der Waals surface area contributed by atoms with Gasteiger partial charge in [0.25, 0.3) is 0 Å². The molecule has 1 aromatic rings. The molecule has 0 spiro atoms. The number of benzene rings is 1. The zero-order valence-electron chi connectivity index (χ0n) is 14.8.